The normalized spacial score (nSPS) is 14.2. The molecular formula is C15H18N2O3. The summed E-state index contributed by atoms with van der Waals surface area (Å²) in [6, 6.07) is 7.34. The Morgan fingerprint density at radius 2 is 2.10 bits per heavy atom. The maximum atomic E-state index is 12.4. The molecule has 0 bridgehead atoms. The van der Waals surface area contributed by atoms with Crippen LogP contribution in [0.5, 0.6) is 11.5 Å². The molecule has 1 heterocycles. The molecule has 0 saturated heterocycles. The molecule has 5 nitrogen and oxygen atoms in total. The summed E-state index contributed by atoms with van der Waals surface area (Å²) in [5.74, 6) is 0.996. The van der Waals surface area contributed by atoms with Crippen LogP contribution in [0.15, 0.2) is 18.2 Å². The highest BCUT2D eigenvalue weighted by Crippen LogP contribution is 2.31. The third-order valence-electron chi connectivity index (χ3n) is 3.17. The van der Waals surface area contributed by atoms with Crippen molar-refractivity contribution >= 4 is 5.91 Å². The molecule has 0 N–H and O–H groups in total. The first-order valence-electron chi connectivity index (χ1n) is 6.74. The van der Waals surface area contributed by atoms with E-state index in [4.69, 9.17) is 14.7 Å². The van der Waals surface area contributed by atoms with E-state index in [9.17, 15) is 4.79 Å². The molecule has 106 valence electrons. The van der Waals surface area contributed by atoms with Crippen molar-refractivity contribution in [3.63, 3.8) is 0 Å². The summed E-state index contributed by atoms with van der Waals surface area (Å²) in [6.07, 6.45) is 0. The van der Waals surface area contributed by atoms with Gasteiger partial charge >= 0.3 is 0 Å². The van der Waals surface area contributed by atoms with Crippen LogP contribution in [0.1, 0.15) is 24.2 Å². The molecule has 1 aromatic carbocycles. The van der Waals surface area contributed by atoms with Gasteiger partial charge in [0.1, 0.15) is 13.2 Å². The molecule has 0 aromatic heterocycles. The highest BCUT2D eigenvalue weighted by molar-refractivity contribution is 5.95. The fourth-order valence-electron chi connectivity index (χ4n) is 2.09. The van der Waals surface area contributed by atoms with E-state index in [0.29, 0.717) is 43.4 Å². The predicted molar refractivity (Wildman–Crippen MR) is 73.8 cm³/mol. The Morgan fingerprint density at radius 3 is 2.75 bits per heavy atom. The van der Waals surface area contributed by atoms with Gasteiger partial charge in [0.2, 0.25) is 0 Å². The number of hydrogen-bond acceptors (Lipinski definition) is 4. The van der Waals surface area contributed by atoms with Crippen molar-refractivity contribution in [3.8, 4) is 17.6 Å². The minimum atomic E-state index is -0.184. The Labute approximate surface area is 118 Å². The summed E-state index contributed by atoms with van der Waals surface area (Å²) < 4.78 is 10.9. The summed E-state index contributed by atoms with van der Waals surface area (Å²) >= 11 is 0. The molecular weight excluding hydrogens is 256 g/mol. The number of nitrogens with zero attached hydrogens (tertiary/aromatic N) is 2. The zero-order valence-electron chi connectivity index (χ0n) is 11.8. The second kappa shape index (κ2) is 6.29. The third kappa shape index (κ3) is 3.02. The van der Waals surface area contributed by atoms with Crippen LogP contribution in [0, 0.1) is 17.2 Å². The average molecular weight is 274 g/mol. The van der Waals surface area contributed by atoms with Crippen molar-refractivity contribution in [2.24, 2.45) is 5.92 Å². The Kier molecular flexibility index (Phi) is 4.46. The largest absolute Gasteiger partial charge is 0.486 e. The SMILES string of the molecule is CCN(C[C@H](C)C#N)C(=O)c1ccc2c(c1)OCCO2. The summed E-state index contributed by atoms with van der Waals surface area (Å²) in [5.41, 5.74) is 0.557. The van der Waals surface area contributed by atoms with Crippen LogP contribution in [0.4, 0.5) is 0 Å². The van der Waals surface area contributed by atoms with Crippen molar-refractivity contribution in [1.29, 1.82) is 5.26 Å². The maximum Gasteiger partial charge on any atom is 0.254 e. The first-order valence-corrected chi connectivity index (χ1v) is 6.74. The second-order valence-electron chi connectivity index (χ2n) is 4.73. The van der Waals surface area contributed by atoms with E-state index >= 15 is 0 Å². The quantitative estimate of drug-likeness (QED) is 0.843. The van der Waals surface area contributed by atoms with Crippen LogP contribution in [0.3, 0.4) is 0 Å². The monoisotopic (exact) mass is 274 g/mol. The van der Waals surface area contributed by atoms with Crippen LogP contribution in [-0.2, 0) is 0 Å². The number of fused-ring (bicyclic) bond motifs is 1. The number of ether oxygens (including phenoxy) is 2. The molecule has 20 heavy (non-hydrogen) atoms. The molecule has 0 spiro atoms. The van der Waals surface area contributed by atoms with Crippen LogP contribution >= 0.6 is 0 Å². The predicted octanol–water partition coefficient (Wildman–Crippen LogP) is 2.08. The van der Waals surface area contributed by atoms with Crippen LogP contribution < -0.4 is 9.47 Å². The first-order chi connectivity index (χ1) is 9.65. The Hall–Kier alpha value is -2.22. The van der Waals surface area contributed by atoms with E-state index < -0.39 is 0 Å². The fraction of sp³-hybridized carbons (Fsp3) is 0.467. The standard InChI is InChI=1S/C15H18N2O3/c1-3-17(10-11(2)9-16)15(18)12-4-5-13-14(8-12)20-7-6-19-13/h4-5,8,11H,3,6-7,10H2,1-2H3/t11-/m1/s1. The fourth-order valence-corrected chi connectivity index (χ4v) is 2.09. The number of rotatable bonds is 4. The topological polar surface area (TPSA) is 62.6 Å². The summed E-state index contributed by atoms with van der Waals surface area (Å²) in [6.45, 7) is 5.73. The van der Waals surface area contributed by atoms with Crippen LogP contribution in [0.25, 0.3) is 0 Å². The van der Waals surface area contributed by atoms with Crippen molar-refractivity contribution in [2.45, 2.75) is 13.8 Å². The third-order valence-corrected chi connectivity index (χ3v) is 3.17. The van der Waals surface area contributed by atoms with E-state index in [1.165, 1.54) is 0 Å². The lowest BCUT2D eigenvalue weighted by Crippen LogP contribution is -2.34. The number of benzene rings is 1. The number of nitriles is 1. The average Bonchev–Trinajstić information content (AvgIpc) is 2.51. The van der Waals surface area contributed by atoms with Gasteiger partial charge in [0.15, 0.2) is 11.5 Å². The zero-order valence-corrected chi connectivity index (χ0v) is 11.8. The zero-order chi connectivity index (χ0) is 14.5. The Bertz CT molecular complexity index is 536. The van der Waals surface area contributed by atoms with Gasteiger partial charge in [-0.25, -0.2) is 0 Å². The smallest absolute Gasteiger partial charge is 0.254 e. The molecule has 2 rings (SSSR count). The molecule has 1 aliphatic rings. The van der Waals surface area contributed by atoms with Gasteiger partial charge in [0, 0.05) is 18.7 Å². The number of carbonyl (C=O) groups excluding carboxylic acids is 1. The highest BCUT2D eigenvalue weighted by atomic mass is 16.6. The maximum absolute atomic E-state index is 12.4. The lowest BCUT2D eigenvalue weighted by molar-refractivity contribution is 0.0751. The van der Waals surface area contributed by atoms with Crippen molar-refractivity contribution in [2.75, 3.05) is 26.3 Å². The Morgan fingerprint density at radius 1 is 1.40 bits per heavy atom. The molecule has 0 saturated carbocycles. The van der Waals surface area contributed by atoms with E-state index in [1.54, 1.807) is 30.0 Å². The van der Waals surface area contributed by atoms with E-state index in [2.05, 4.69) is 6.07 Å². The molecule has 0 unspecified atom stereocenters. The minimum Gasteiger partial charge on any atom is -0.486 e. The summed E-state index contributed by atoms with van der Waals surface area (Å²) in [5, 5.41) is 8.87. The molecule has 1 amide bonds. The van der Waals surface area contributed by atoms with Gasteiger partial charge in [-0.1, -0.05) is 0 Å². The molecule has 1 aromatic rings. The van der Waals surface area contributed by atoms with Gasteiger partial charge < -0.3 is 14.4 Å². The minimum absolute atomic E-state index is 0.0911. The molecule has 0 fully saturated rings. The molecule has 5 heteroatoms. The lowest BCUT2D eigenvalue weighted by Gasteiger charge is -2.23. The van der Waals surface area contributed by atoms with Crippen molar-refractivity contribution in [1.82, 2.24) is 4.90 Å². The summed E-state index contributed by atoms with van der Waals surface area (Å²) in [4.78, 5) is 14.1. The second-order valence-corrected chi connectivity index (χ2v) is 4.73. The summed E-state index contributed by atoms with van der Waals surface area (Å²) in [7, 11) is 0. The van der Waals surface area contributed by atoms with Gasteiger partial charge in [-0.2, -0.15) is 5.26 Å². The van der Waals surface area contributed by atoms with Crippen LogP contribution in [0.2, 0.25) is 0 Å². The number of amides is 1. The van der Waals surface area contributed by atoms with Crippen molar-refractivity contribution < 1.29 is 14.3 Å². The van der Waals surface area contributed by atoms with E-state index in [1.807, 2.05) is 6.92 Å². The molecule has 1 aliphatic heterocycles. The number of carbonyl (C=O) groups is 1. The van der Waals surface area contributed by atoms with Crippen molar-refractivity contribution in [3.05, 3.63) is 23.8 Å². The molecule has 0 radical (unpaired) electrons. The lowest BCUT2D eigenvalue weighted by atomic mass is 10.1. The van der Waals surface area contributed by atoms with E-state index in [-0.39, 0.29) is 11.8 Å². The number of hydrogen-bond donors (Lipinski definition) is 0. The van der Waals surface area contributed by atoms with Gasteiger partial charge in [0.25, 0.3) is 5.91 Å². The highest BCUT2D eigenvalue weighted by Gasteiger charge is 2.19. The van der Waals surface area contributed by atoms with Gasteiger partial charge in [-0.3, -0.25) is 4.79 Å². The van der Waals surface area contributed by atoms with Crippen LogP contribution in [-0.4, -0.2) is 37.1 Å². The molecule has 0 aliphatic carbocycles. The first kappa shape index (κ1) is 14.2. The molecule has 1 atom stereocenters. The van der Waals surface area contributed by atoms with Gasteiger partial charge in [0.05, 0.1) is 12.0 Å². The Balaban J connectivity index is 2.17. The van der Waals surface area contributed by atoms with E-state index in [0.717, 1.165) is 0 Å². The van der Waals surface area contributed by atoms with Gasteiger partial charge in [-0.15, -0.1) is 0 Å². The van der Waals surface area contributed by atoms with Gasteiger partial charge in [-0.05, 0) is 32.0 Å².